The summed E-state index contributed by atoms with van der Waals surface area (Å²) in [6.07, 6.45) is 0.0930. The van der Waals surface area contributed by atoms with Gasteiger partial charge in [-0.3, -0.25) is 9.59 Å². The van der Waals surface area contributed by atoms with Crippen LogP contribution in [0.2, 0.25) is 5.02 Å². The first-order valence-corrected chi connectivity index (χ1v) is 10.5. The third-order valence-corrected chi connectivity index (χ3v) is 5.84. The number of methoxy groups -OCH3 is 2. The third-order valence-electron chi connectivity index (χ3n) is 5.54. The lowest BCUT2D eigenvalue weighted by molar-refractivity contribution is -0.117. The molecule has 1 aliphatic heterocycles. The van der Waals surface area contributed by atoms with Crippen molar-refractivity contribution in [3.05, 3.63) is 88.4 Å². The van der Waals surface area contributed by atoms with Crippen molar-refractivity contribution < 1.29 is 19.1 Å². The smallest absolute Gasteiger partial charge is 0.255 e. The Kier molecular flexibility index (Phi) is 6.32. The molecule has 164 valence electrons. The van der Waals surface area contributed by atoms with Crippen molar-refractivity contribution in [1.29, 1.82) is 0 Å². The highest BCUT2D eigenvalue weighted by atomic mass is 35.5. The van der Waals surface area contributed by atoms with Gasteiger partial charge in [-0.25, -0.2) is 0 Å². The summed E-state index contributed by atoms with van der Waals surface area (Å²) in [5.74, 6) is 0.930. The fourth-order valence-corrected chi connectivity index (χ4v) is 4.15. The molecule has 1 N–H and O–H groups in total. The summed E-state index contributed by atoms with van der Waals surface area (Å²) in [5.41, 5.74) is 3.05. The predicted octanol–water partition coefficient (Wildman–Crippen LogP) is 5.08. The molecule has 1 atom stereocenters. The predicted molar refractivity (Wildman–Crippen MR) is 123 cm³/mol. The van der Waals surface area contributed by atoms with E-state index in [0.29, 0.717) is 34.3 Å². The molecule has 0 aromatic heterocycles. The largest absolute Gasteiger partial charge is 0.497 e. The Morgan fingerprint density at radius 3 is 2.47 bits per heavy atom. The molecule has 3 aromatic rings. The minimum Gasteiger partial charge on any atom is -0.497 e. The van der Waals surface area contributed by atoms with Gasteiger partial charge in [-0.1, -0.05) is 41.9 Å². The Morgan fingerprint density at radius 1 is 1.06 bits per heavy atom. The molecule has 0 aliphatic carbocycles. The Labute approximate surface area is 191 Å². The third kappa shape index (κ3) is 4.41. The minimum absolute atomic E-state index is 0.0818. The lowest BCUT2D eigenvalue weighted by Gasteiger charge is -2.28. The normalized spacial score (nSPS) is 13.5. The van der Waals surface area contributed by atoms with E-state index in [4.69, 9.17) is 21.1 Å². The van der Waals surface area contributed by atoms with Crippen LogP contribution in [0.25, 0.3) is 0 Å². The van der Waals surface area contributed by atoms with E-state index in [1.165, 1.54) is 7.11 Å². The van der Waals surface area contributed by atoms with Crippen LogP contribution in [0.3, 0.4) is 0 Å². The number of nitrogens with one attached hydrogen (secondary N) is 1. The van der Waals surface area contributed by atoms with E-state index in [1.807, 2.05) is 48.5 Å². The zero-order valence-corrected chi connectivity index (χ0v) is 18.6. The number of anilines is 1. The number of rotatable bonds is 7. The molecule has 1 aliphatic rings. The van der Waals surface area contributed by atoms with Crippen LogP contribution in [0.5, 0.6) is 11.5 Å². The van der Waals surface area contributed by atoms with Gasteiger partial charge < -0.3 is 19.7 Å². The number of fused-ring (bicyclic) bond motifs is 1. The van der Waals surface area contributed by atoms with Gasteiger partial charge >= 0.3 is 0 Å². The Hall–Kier alpha value is -3.51. The van der Waals surface area contributed by atoms with E-state index >= 15 is 0 Å². The molecule has 2 amide bonds. The second-order valence-corrected chi connectivity index (χ2v) is 7.89. The van der Waals surface area contributed by atoms with Gasteiger partial charge in [0, 0.05) is 17.8 Å². The maximum Gasteiger partial charge on any atom is 0.255 e. The van der Waals surface area contributed by atoms with Gasteiger partial charge in [0.25, 0.3) is 5.91 Å². The molecule has 1 heterocycles. The number of hydrogen-bond donors (Lipinski definition) is 1. The zero-order valence-electron chi connectivity index (χ0n) is 17.8. The molecule has 7 heteroatoms. The van der Waals surface area contributed by atoms with Gasteiger partial charge in [0.05, 0.1) is 31.7 Å². The van der Waals surface area contributed by atoms with E-state index in [-0.39, 0.29) is 18.2 Å². The maximum atomic E-state index is 13.1. The molecule has 3 aromatic carbocycles. The maximum absolute atomic E-state index is 13.1. The number of hydrogen-bond acceptors (Lipinski definition) is 4. The van der Waals surface area contributed by atoms with Crippen molar-refractivity contribution in [1.82, 2.24) is 4.90 Å². The first-order chi connectivity index (χ1) is 15.5. The lowest BCUT2D eigenvalue weighted by Crippen LogP contribution is -2.32. The molecule has 0 fully saturated rings. The van der Waals surface area contributed by atoms with Crippen molar-refractivity contribution >= 4 is 29.1 Å². The summed E-state index contributed by atoms with van der Waals surface area (Å²) in [4.78, 5) is 27.8. The summed E-state index contributed by atoms with van der Waals surface area (Å²) in [7, 11) is 3.13. The lowest BCUT2D eigenvalue weighted by atomic mass is 10.0. The monoisotopic (exact) mass is 450 g/mol. The molecule has 0 bridgehead atoms. The van der Waals surface area contributed by atoms with Gasteiger partial charge in [-0.05, 0) is 47.5 Å². The topological polar surface area (TPSA) is 67.9 Å². The zero-order chi connectivity index (χ0) is 22.7. The molecule has 0 unspecified atom stereocenters. The second kappa shape index (κ2) is 9.32. The molecule has 32 heavy (non-hydrogen) atoms. The summed E-state index contributed by atoms with van der Waals surface area (Å²) < 4.78 is 10.4. The number of carbonyl (C=O) groups is 2. The summed E-state index contributed by atoms with van der Waals surface area (Å²) >= 11 is 6.18. The number of halogens is 1. The number of amides is 2. The Bertz CT molecular complexity index is 1150. The van der Waals surface area contributed by atoms with Crippen LogP contribution in [-0.2, 0) is 11.3 Å². The molecule has 0 radical (unpaired) electrons. The average molecular weight is 451 g/mol. The van der Waals surface area contributed by atoms with Crippen LogP contribution in [0, 0.1) is 0 Å². The number of ether oxygens (including phenoxy) is 2. The molecule has 4 rings (SSSR count). The van der Waals surface area contributed by atoms with E-state index in [0.717, 1.165) is 11.1 Å². The molecule has 6 nitrogen and oxygen atoms in total. The second-order valence-electron chi connectivity index (χ2n) is 7.48. The number of carbonyl (C=O) groups excluding carboxylic acids is 2. The average Bonchev–Trinajstić information content (AvgIpc) is 3.14. The van der Waals surface area contributed by atoms with Crippen molar-refractivity contribution in [3.63, 3.8) is 0 Å². The van der Waals surface area contributed by atoms with Crippen LogP contribution in [0.4, 0.5) is 5.69 Å². The van der Waals surface area contributed by atoms with Crippen molar-refractivity contribution in [2.75, 3.05) is 19.5 Å². The molecule has 0 spiro atoms. The molecular formula is C25H23ClN2O4. The first kappa shape index (κ1) is 21.7. The fraction of sp³-hybridized carbons (Fsp3) is 0.200. The molecule has 0 saturated heterocycles. The molecule has 0 saturated carbocycles. The summed E-state index contributed by atoms with van der Waals surface area (Å²) in [6, 6.07) is 19.6. The van der Waals surface area contributed by atoms with E-state index < -0.39 is 6.04 Å². The van der Waals surface area contributed by atoms with Crippen LogP contribution >= 0.6 is 11.6 Å². The van der Waals surface area contributed by atoms with Crippen molar-refractivity contribution in [2.45, 2.75) is 19.0 Å². The van der Waals surface area contributed by atoms with Gasteiger partial charge in [0.2, 0.25) is 5.91 Å². The highest BCUT2D eigenvalue weighted by Gasteiger charge is 2.34. The van der Waals surface area contributed by atoms with Crippen LogP contribution in [0.1, 0.15) is 33.9 Å². The SMILES string of the molecule is COc1ccc([C@@H](CC(=O)Nc2ccc(OC)c(Cl)c2)N2Cc3ccccc3C2=O)cc1. The van der Waals surface area contributed by atoms with E-state index in [2.05, 4.69) is 5.32 Å². The summed E-state index contributed by atoms with van der Waals surface area (Å²) in [6.45, 7) is 0.452. The van der Waals surface area contributed by atoms with Gasteiger partial charge in [0.15, 0.2) is 0 Å². The molecular weight excluding hydrogens is 428 g/mol. The van der Waals surface area contributed by atoms with E-state index in [9.17, 15) is 9.59 Å². The highest BCUT2D eigenvalue weighted by Crippen LogP contribution is 2.34. The first-order valence-electron chi connectivity index (χ1n) is 10.2. The fourth-order valence-electron chi connectivity index (χ4n) is 3.89. The van der Waals surface area contributed by atoms with Crippen LogP contribution in [-0.4, -0.2) is 30.9 Å². The van der Waals surface area contributed by atoms with Crippen LogP contribution < -0.4 is 14.8 Å². The van der Waals surface area contributed by atoms with Gasteiger partial charge in [-0.15, -0.1) is 0 Å². The summed E-state index contributed by atoms with van der Waals surface area (Å²) in [5, 5.41) is 3.28. The van der Waals surface area contributed by atoms with Gasteiger partial charge in [-0.2, -0.15) is 0 Å². The van der Waals surface area contributed by atoms with Gasteiger partial charge in [0.1, 0.15) is 11.5 Å². The van der Waals surface area contributed by atoms with E-state index in [1.54, 1.807) is 30.2 Å². The standard InChI is InChI=1S/C25H23ClN2O4/c1-31-19-10-7-16(8-11-19)22(28-15-17-5-3-4-6-20(17)25(28)30)14-24(29)27-18-9-12-23(32-2)21(26)13-18/h3-13,22H,14-15H2,1-2H3,(H,27,29)/t22-/m1/s1. The number of nitrogens with zero attached hydrogens (tertiary/aromatic N) is 1. The minimum atomic E-state index is -0.436. The quantitative estimate of drug-likeness (QED) is 0.544. The highest BCUT2D eigenvalue weighted by molar-refractivity contribution is 6.32. The number of benzene rings is 3. The van der Waals surface area contributed by atoms with Crippen molar-refractivity contribution in [2.24, 2.45) is 0 Å². The Morgan fingerprint density at radius 2 is 1.81 bits per heavy atom. The Balaban J connectivity index is 1.59. The van der Waals surface area contributed by atoms with Crippen LogP contribution in [0.15, 0.2) is 66.7 Å². The van der Waals surface area contributed by atoms with Crippen molar-refractivity contribution in [3.8, 4) is 11.5 Å².